The average molecular weight is 270 g/mol. The topological polar surface area (TPSA) is 41.6 Å². The third-order valence-corrected chi connectivity index (χ3v) is 3.00. The van der Waals surface area contributed by atoms with E-state index in [1.54, 1.807) is 7.05 Å². The molecule has 1 amide bonds. The zero-order chi connectivity index (χ0) is 13.8. The van der Waals surface area contributed by atoms with Gasteiger partial charge in [-0.15, -0.1) is 0 Å². The molecule has 1 N–H and O–H groups in total. The van der Waals surface area contributed by atoms with E-state index in [0.717, 1.165) is 12.6 Å². The van der Waals surface area contributed by atoms with Crippen LogP contribution in [0.25, 0.3) is 0 Å². The highest BCUT2D eigenvalue weighted by Gasteiger charge is 2.25. The minimum absolute atomic E-state index is 0.0881. The van der Waals surface area contributed by atoms with E-state index >= 15 is 0 Å². The number of carbonyl (C=O) groups is 1. The van der Waals surface area contributed by atoms with Gasteiger partial charge in [0.2, 0.25) is 0 Å². The first-order valence-corrected chi connectivity index (χ1v) is 6.09. The van der Waals surface area contributed by atoms with Gasteiger partial charge < -0.3 is 15.0 Å². The van der Waals surface area contributed by atoms with Crippen LogP contribution in [0, 0.1) is 11.6 Å². The fraction of sp³-hybridized carbons (Fsp3) is 0.462. The van der Waals surface area contributed by atoms with Gasteiger partial charge in [-0.05, 0) is 6.07 Å². The quantitative estimate of drug-likeness (QED) is 0.887. The van der Waals surface area contributed by atoms with Crippen molar-refractivity contribution in [3.05, 3.63) is 35.4 Å². The highest BCUT2D eigenvalue weighted by Crippen LogP contribution is 2.12. The van der Waals surface area contributed by atoms with Crippen LogP contribution in [0.3, 0.4) is 0 Å². The van der Waals surface area contributed by atoms with E-state index < -0.39 is 17.7 Å². The Bertz CT molecular complexity index is 462. The van der Waals surface area contributed by atoms with Crippen LogP contribution in [0.5, 0.6) is 0 Å². The van der Waals surface area contributed by atoms with Crippen molar-refractivity contribution in [1.82, 2.24) is 10.2 Å². The molecule has 0 radical (unpaired) electrons. The number of amides is 1. The van der Waals surface area contributed by atoms with Crippen LogP contribution in [-0.2, 0) is 16.1 Å². The fourth-order valence-electron chi connectivity index (χ4n) is 1.95. The van der Waals surface area contributed by atoms with Crippen LogP contribution in [0.1, 0.15) is 5.56 Å². The number of nitrogens with zero attached hydrogens (tertiary/aromatic N) is 1. The lowest BCUT2D eigenvalue weighted by Gasteiger charge is -2.27. The molecule has 1 fully saturated rings. The Morgan fingerprint density at radius 3 is 2.95 bits per heavy atom. The molecule has 4 nitrogen and oxygen atoms in total. The smallest absolute Gasteiger partial charge is 0.253 e. The number of carbonyl (C=O) groups excluding carboxylic acids is 1. The van der Waals surface area contributed by atoms with Crippen LogP contribution < -0.4 is 5.32 Å². The molecule has 1 aromatic carbocycles. The fourth-order valence-corrected chi connectivity index (χ4v) is 1.95. The van der Waals surface area contributed by atoms with E-state index in [1.807, 2.05) is 0 Å². The first-order valence-electron chi connectivity index (χ1n) is 6.09. The van der Waals surface area contributed by atoms with Gasteiger partial charge >= 0.3 is 0 Å². The van der Waals surface area contributed by atoms with Crippen LogP contribution in [-0.4, -0.2) is 43.7 Å². The van der Waals surface area contributed by atoms with E-state index in [1.165, 1.54) is 17.0 Å². The number of benzene rings is 1. The Morgan fingerprint density at radius 2 is 2.32 bits per heavy atom. The zero-order valence-corrected chi connectivity index (χ0v) is 10.7. The van der Waals surface area contributed by atoms with E-state index in [9.17, 15) is 13.6 Å². The molecule has 0 aromatic heterocycles. The molecule has 1 saturated heterocycles. The number of rotatable bonds is 3. The largest absolute Gasteiger partial charge is 0.366 e. The lowest BCUT2D eigenvalue weighted by molar-refractivity contribution is -0.144. The molecule has 1 aliphatic rings. The van der Waals surface area contributed by atoms with Crippen molar-refractivity contribution in [1.29, 1.82) is 0 Å². The molecule has 1 atom stereocenters. The average Bonchev–Trinajstić information content (AvgIpc) is 2.42. The summed E-state index contributed by atoms with van der Waals surface area (Å²) in [5, 5.41) is 3.06. The maximum absolute atomic E-state index is 13.5. The molecule has 1 heterocycles. The molecule has 1 aliphatic heterocycles. The van der Waals surface area contributed by atoms with Gasteiger partial charge in [-0.3, -0.25) is 4.79 Å². The third-order valence-electron chi connectivity index (χ3n) is 3.00. The second-order valence-corrected chi connectivity index (χ2v) is 4.49. The Labute approximate surface area is 110 Å². The third kappa shape index (κ3) is 3.48. The Kier molecular flexibility index (Phi) is 4.44. The number of hydrogen-bond acceptors (Lipinski definition) is 3. The van der Waals surface area contributed by atoms with Crippen LogP contribution in [0.4, 0.5) is 8.78 Å². The lowest BCUT2D eigenvalue weighted by atomic mass is 10.2. The van der Waals surface area contributed by atoms with Crippen LogP contribution in [0.2, 0.25) is 0 Å². The standard InChI is InChI=1S/C13H16F2N2O2/c1-17(13(18)12-7-16-4-5-19-12)8-9-2-3-10(14)6-11(9)15/h2-3,6,12,16H,4-5,7-8H2,1H3. The Morgan fingerprint density at radius 1 is 1.53 bits per heavy atom. The van der Waals surface area contributed by atoms with Crippen molar-refractivity contribution in [3.63, 3.8) is 0 Å². The molecule has 1 unspecified atom stereocenters. The van der Waals surface area contributed by atoms with Gasteiger partial charge in [0.1, 0.15) is 17.7 Å². The number of likely N-dealkylation sites (N-methyl/N-ethyl adjacent to an activating group) is 1. The molecule has 0 bridgehead atoms. The van der Waals surface area contributed by atoms with Gasteiger partial charge in [0.05, 0.1) is 6.61 Å². The van der Waals surface area contributed by atoms with Gasteiger partial charge in [0, 0.05) is 38.3 Å². The van der Waals surface area contributed by atoms with Gasteiger partial charge in [0.25, 0.3) is 5.91 Å². The van der Waals surface area contributed by atoms with E-state index in [-0.39, 0.29) is 18.0 Å². The summed E-state index contributed by atoms with van der Waals surface area (Å²) in [6.45, 7) is 1.75. The van der Waals surface area contributed by atoms with E-state index in [0.29, 0.717) is 13.2 Å². The molecular weight excluding hydrogens is 254 g/mol. The molecule has 6 heteroatoms. The zero-order valence-electron chi connectivity index (χ0n) is 10.7. The number of morpholine rings is 1. The molecule has 1 aromatic rings. The summed E-state index contributed by atoms with van der Waals surface area (Å²) in [6, 6.07) is 3.33. The number of nitrogens with one attached hydrogen (secondary N) is 1. The van der Waals surface area contributed by atoms with E-state index in [4.69, 9.17) is 4.74 Å². The number of halogens is 2. The Balaban J connectivity index is 1.99. The second-order valence-electron chi connectivity index (χ2n) is 4.49. The normalized spacial score (nSPS) is 19.2. The lowest BCUT2D eigenvalue weighted by Crippen LogP contribution is -2.48. The second kappa shape index (κ2) is 6.08. The molecule has 19 heavy (non-hydrogen) atoms. The van der Waals surface area contributed by atoms with Crippen molar-refractivity contribution in [3.8, 4) is 0 Å². The maximum atomic E-state index is 13.5. The number of hydrogen-bond donors (Lipinski definition) is 1. The van der Waals surface area contributed by atoms with Crippen molar-refractivity contribution < 1.29 is 18.3 Å². The predicted molar refractivity (Wildman–Crippen MR) is 65.4 cm³/mol. The van der Waals surface area contributed by atoms with Gasteiger partial charge in [0.15, 0.2) is 0 Å². The maximum Gasteiger partial charge on any atom is 0.253 e. The number of ether oxygens (including phenoxy) is 1. The first kappa shape index (κ1) is 13.9. The summed E-state index contributed by atoms with van der Waals surface area (Å²) in [5.41, 5.74) is 0.279. The predicted octanol–water partition coefficient (Wildman–Crippen LogP) is 0.912. The highest BCUT2D eigenvalue weighted by atomic mass is 19.1. The molecule has 0 saturated carbocycles. The summed E-state index contributed by atoms with van der Waals surface area (Å²) in [4.78, 5) is 13.4. The minimum Gasteiger partial charge on any atom is -0.366 e. The summed E-state index contributed by atoms with van der Waals surface area (Å²) in [7, 11) is 1.57. The molecule has 0 spiro atoms. The summed E-state index contributed by atoms with van der Waals surface area (Å²) in [6.07, 6.45) is -0.540. The molecular formula is C13H16F2N2O2. The van der Waals surface area contributed by atoms with Crippen molar-refractivity contribution in [2.75, 3.05) is 26.7 Å². The van der Waals surface area contributed by atoms with Gasteiger partial charge in [-0.1, -0.05) is 6.07 Å². The first-order chi connectivity index (χ1) is 9.08. The van der Waals surface area contributed by atoms with Crippen molar-refractivity contribution in [2.45, 2.75) is 12.6 Å². The SMILES string of the molecule is CN(Cc1ccc(F)cc1F)C(=O)C1CNCCO1. The monoisotopic (exact) mass is 270 g/mol. The molecule has 0 aliphatic carbocycles. The Hall–Kier alpha value is -1.53. The van der Waals surface area contributed by atoms with E-state index in [2.05, 4.69) is 5.32 Å². The van der Waals surface area contributed by atoms with Crippen molar-refractivity contribution in [2.24, 2.45) is 0 Å². The van der Waals surface area contributed by atoms with Crippen LogP contribution >= 0.6 is 0 Å². The highest BCUT2D eigenvalue weighted by molar-refractivity contribution is 5.81. The van der Waals surface area contributed by atoms with Crippen LogP contribution in [0.15, 0.2) is 18.2 Å². The van der Waals surface area contributed by atoms with Gasteiger partial charge in [-0.2, -0.15) is 0 Å². The minimum atomic E-state index is -0.651. The summed E-state index contributed by atoms with van der Waals surface area (Å²) < 4.78 is 31.6. The summed E-state index contributed by atoms with van der Waals surface area (Å²) >= 11 is 0. The van der Waals surface area contributed by atoms with Crippen molar-refractivity contribution >= 4 is 5.91 Å². The molecule has 104 valence electrons. The molecule has 2 rings (SSSR count). The van der Waals surface area contributed by atoms with Gasteiger partial charge in [-0.25, -0.2) is 8.78 Å². The summed E-state index contributed by atoms with van der Waals surface area (Å²) in [5.74, 6) is -1.49.